The van der Waals surface area contributed by atoms with Gasteiger partial charge in [-0.25, -0.2) is 4.98 Å². The van der Waals surface area contributed by atoms with Crippen molar-refractivity contribution >= 4 is 5.97 Å². The van der Waals surface area contributed by atoms with E-state index in [0.29, 0.717) is 18.0 Å². The first kappa shape index (κ1) is 14.5. The number of nitrogens with zero attached hydrogens (tertiary/aromatic N) is 2. The van der Waals surface area contributed by atoms with Gasteiger partial charge in [0.05, 0.1) is 23.9 Å². The fraction of sp³-hybridized carbons (Fsp3) is 0.667. The molecule has 18 heavy (non-hydrogen) atoms. The number of imidazole rings is 1. The highest BCUT2D eigenvalue weighted by Gasteiger charge is 2.23. The summed E-state index contributed by atoms with van der Waals surface area (Å²) in [6.07, 6.45) is 3.54. The van der Waals surface area contributed by atoms with Crippen molar-refractivity contribution in [2.75, 3.05) is 5.84 Å². The second-order valence-electron chi connectivity index (χ2n) is 5.00. The van der Waals surface area contributed by atoms with Gasteiger partial charge in [0.25, 0.3) is 0 Å². The fourth-order valence-electron chi connectivity index (χ4n) is 1.79. The molecule has 2 unspecified atom stereocenters. The maximum atomic E-state index is 11.1. The zero-order chi connectivity index (χ0) is 13.7. The summed E-state index contributed by atoms with van der Waals surface area (Å²) in [6.45, 7) is 4.09. The van der Waals surface area contributed by atoms with E-state index in [0.717, 1.165) is 6.42 Å². The van der Waals surface area contributed by atoms with E-state index in [1.807, 2.05) is 13.8 Å². The minimum atomic E-state index is -0.886. The van der Waals surface area contributed by atoms with Crippen LogP contribution in [-0.2, 0) is 4.79 Å². The molecule has 0 saturated carbocycles. The Morgan fingerprint density at radius 1 is 1.50 bits per heavy atom. The number of aliphatic carboxylic acids is 1. The first-order valence-corrected chi connectivity index (χ1v) is 6.10. The van der Waals surface area contributed by atoms with E-state index >= 15 is 0 Å². The van der Waals surface area contributed by atoms with Crippen LogP contribution in [0.3, 0.4) is 0 Å². The molecule has 0 bridgehead atoms. The Labute approximate surface area is 106 Å². The zero-order valence-electron chi connectivity index (χ0n) is 10.8. The number of rotatable bonds is 7. The molecule has 4 N–H and O–H groups in total. The molecule has 2 atom stereocenters. The number of carboxylic acids is 1. The number of carboxylic acid groups (broad SMARTS) is 1. The number of hydrogen-bond acceptors (Lipinski definition) is 4. The van der Waals surface area contributed by atoms with Crippen molar-refractivity contribution in [1.29, 1.82) is 0 Å². The first-order chi connectivity index (χ1) is 8.40. The number of aromatic nitrogens is 2. The number of nitrogen functional groups attached to an aromatic ring is 1. The Morgan fingerprint density at radius 2 is 2.17 bits per heavy atom. The van der Waals surface area contributed by atoms with Crippen LogP contribution in [0, 0.1) is 11.8 Å². The third kappa shape index (κ3) is 4.37. The lowest BCUT2D eigenvalue weighted by Crippen LogP contribution is -2.18. The molecule has 1 heterocycles. The largest absolute Gasteiger partial charge is 0.481 e. The standard InChI is InChI=1S/C12H21N3O3/c1-8(2)3-4-9(12(17)18)5-11(16)10-6-15(13)7-14-10/h6-9,11,16H,3-5,13H2,1-2H3,(H,17,18). The van der Waals surface area contributed by atoms with Crippen LogP contribution < -0.4 is 5.84 Å². The van der Waals surface area contributed by atoms with E-state index in [9.17, 15) is 9.90 Å². The van der Waals surface area contributed by atoms with Crippen LogP contribution in [0.15, 0.2) is 12.5 Å². The molecule has 1 aromatic heterocycles. The molecule has 0 aliphatic carbocycles. The van der Waals surface area contributed by atoms with Gasteiger partial charge in [0.2, 0.25) is 0 Å². The summed E-state index contributed by atoms with van der Waals surface area (Å²) >= 11 is 0. The van der Waals surface area contributed by atoms with Gasteiger partial charge in [0.1, 0.15) is 6.33 Å². The van der Waals surface area contributed by atoms with Gasteiger partial charge in [-0.2, -0.15) is 0 Å². The number of carbonyl (C=O) groups is 1. The molecule has 1 rings (SSSR count). The second-order valence-corrected chi connectivity index (χ2v) is 5.00. The monoisotopic (exact) mass is 255 g/mol. The fourth-order valence-corrected chi connectivity index (χ4v) is 1.79. The average Bonchev–Trinajstić information content (AvgIpc) is 2.70. The van der Waals surface area contributed by atoms with Crippen LogP contribution in [0.1, 0.15) is 44.9 Å². The molecule has 1 aromatic rings. The molecule has 6 heteroatoms. The van der Waals surface area contributed by atoms with Gasteiger partial charge in [-0.05, 0) is 18.8 Å². The molecule has 0 saturated heterocycles. The molecule has 102 valence electrons. The van der Waals surface area contributed by atoms with Gasteiger partial charge in [0.15, 0.2) is 0 Å². The lowest BCUT2D eigenvalue weighted by molar-refractivity contribution is -0.143. The molecule has 0 aliphatic heterocycles. The Morgan fingerprint density at radius 3 is 2.61 bits per heavy atom. The Kier molecular flexibility index (Phi) is 5.15. The molecule has 0 fully saturated rings. The number of hydrogen-bond donors (Lipinski definition) is 3. The van der Waals surface area contributed by atoms with Crippen LogP contribution in [0.5, 0.6) is 0 Å². The summed E-state index contributed by atoms with van der Waals surface area (Å²) in [5.41, 5.74) is 0.410. The smallest absolute Gasteiger partial charge is 0.306 e. The van der Waals surface area contributed by atoms with Crippen LogP contribution in [0.2, 0.25) is 0 Å². The molecular formula is C12H21N3O3. The first-order valence-electron chi connectivity index (χ1n) is 6.10. The van der Waals surface area contributed by atoms with Crippen LogP contribution in [0.25, 0.3) is 0 Å². The SMILES string of the molecule is CC(C)CCC(CC(O)c1cn(N)cn1)C(=O)O. The van der Waals surface area contributed by atoms with Crippen molar-refractivity contribution in [1.82, 2.24) is 9.66 Å². The molecule has 0 aliphatic rings. The Bertz CT molecular complexity index is 390. The lowest BCUT2D eigenvalue weighted by Gasteiger charge is -2.16. The van der Waals surface area contributed by atoms with E-state index in [1.165, 1.54) is 17.2 Å². The highest BCUT2D eigenvalue weighted by Crippen LogP contribution is 2.24. The van der Waals surface area contributed by atoms with Gasteiger partial charge in [0, 0.05) is 0 Å². The molecular weight excluding hydrogens is 234 g/mol. The van der Waals surface area contributed by atoms with E-state index in [1.54, 1.807) is 0 Å². The van der Waals surface area contributed by atoms with E-state index in [-0.39, 0.29) is 6.42 Å². The summed E-state index contributed by atoms with van der Waals surface area (Å²) < 4.78 is 1.24. The quantitative estimate of drug-likeness (QED) is 0.634. The Balaban J connectivity index is 2.57. The number of aliphatic hydroxyl groups excluding tert-OH is 1. The predicted octanol–water partition coefficient (Wildman–Crippen LogP) is 1.16. The van der Waals surface area contributed by atoms with Crippen molar-refractivity contribution in [2.45, 2.75) is 39.2 Å². The van der Waals surface area contributed by atoms with Gasteiger partial charge in [-0.15, -0.1) is 0 Å². The van der Waals surface area contributed by atoms with E-state index in [4.69, 9.17) is 10.9 Å². The van der Waals surface area contributed by atoms with Crippen LogP contribution in [-0.4, -0.2) is 25.8 Å². The summed E-state index contributed by atoms with van der Waals surface area (Å²) in [5.74, 6) is 4.46. The third-order valence-electron chi connectivity index (χ3n) is 2.91. The zero-order valence-corrected chi connectivity index (χ0v) is 10.8. The summed E-state index contributed by atoms with van der Waals surface area (Å²) in [5, 5.41) is 19.0. The minimum absolute atomic E-state index is 0.166. The molecule has 0 radical (unpaired) electrons. The predicted molar refractivity (Wildman–Crippen MR) is 67.2 cm³/mol. The number of aliphatic hydroxyl groups is 1. The van der Waals surface area contributed by atoms with Crippen molar-refractivity contribution in [3.63, 3.8) is 0 Å². The van der Waals surface area contributed by atoms with Gasteiger partial charge in [-0.3, -0.25) is 9.47 Å². The normalized spacial score (nSPS) is 14.7. The van der Waals surface area contributed by atoms with Crippen molar-refractivity contribution in [2.24, 2.45) is 11.8 Å². The van der Waals surface area contributed by atoms with Crippen LogP contribution >= 0.6 is 0 Å². The average molecular weight is 255 g/mol. The highest BCUT2D eigenvalue weighted by molar-refractivity contribution is 5.69. The van der Waals surface area contributed by atoms with Gasteiger partial charge in [-0.1, -0.05) is 20.3 Å². The third-order valence-corrected chi connectivity index (χ3v) is 2.91. The molecule has 0 spiro atoms. The maximum absolute atomic E-state index is 11.1. The topological polar surface area (TPSA) is 101 Å². The van der Waals surface area contributed by atoms with Crippen LogP contribution in [0.4, 0.5) is 0 Å². The van der Waals surface area contributed by atoms with Crippen molar-refractivity contribution in [3.05, 3.63) is 18.2 Å². The second kappa shape index (κ2) is 6.39. The summed E-state index contributed by atoms with van der Waals surface area (Å²) in [6, 6.07) is 0. The highest BCUT2D eigenvalue weighted by atomic mass is 16.4. The minimum Gasteiger partial charge on any atom is -0.481 e. The lowest BCUT2D eigenvalue weighted by atomic mass is 9.92. The van der Waals surface area contributed by atoms with Gasteiger partial charge >= 0.3 is 5.97 Å². The van der Waals surface area contributed by atoms with Gasteiger partial charge < -0.3 is 16.1 Å². The Hall–Kier alpha value is -1.56. The van der Waals surface area contributed by atoms with Crippen molar-refractivity contribution < 1.29 is 15.0 Å². The molecule has 6 nitrogen and oxygen atoms in total. The molecule has 0 aromatic carbocycles. The van der Waals surface area contributed by atoms with E-state index in [2.05, 4.69) is 4.98 Å². The van der Waals surface area contributed by atoms with Crippen molar-refractivity contribution in [3.8, 4) is 0 Å². The molecule has 0 amide bonds. The summed E-state index contributed by atoms with van der Waals surface area (Å²) in [7, 11) is 0. The summed E-state index contributed by atoms with van der Waals surface area (Å²) in [4.78, 5) is 15.0. The van der Waals surface area contributed by atoms with E-state index < -0.39 is 18.0 Å². The number of nitrogens with two attached hydrogens (primary N) is 1. The maximum Gasteiger partial charge on any atom is 0.306 e.